The molecule has 4 aromatic heterocycles. The van der Waals surface area contributed by atoms with E-state index in [1.165, 1.54) is 10.9 Å². The lowest BCUT2D eigenvalue weighted by Crippen LogP contribution is -2.37. The van der Waals surface area contributed by atoms with E-state index in [-0.39, 0.29) is 34.2 Å². The second-order valence-corrected chi connectivity index (χ2v) is 13.5. The number of aromatic amines is 2. The summed E-state index contributed by atoms with van der Waals surface area (Å²) in [6.45, 7) is 0.0813. The number of aromatic nitrogens is 8. The molecule has 0 spiro atoms. The first-order valence-electron chi connectivity index (χ1n) is 13.5. The molecule has 10 atom stereocenters. The van der Waals surface area contributed by atoms with E-state index in [1.54, 1.807) is 6.92 Å². The molecular formula is C21H26N10O13P2. The summed E-state index contributed by atoms with van der Waals surface area (Å²) in [6.07, 6.45) is -7.58. The van der Waals surface area contributed by atoms with Crippen molar-refractivity contribution in [3.8, 4) is 0 Å². The molecule has 248 valence electrons. The molecule has 9 N–H and O–H groups in total. The Kier molecular flexibility index (Phi) is 7.41. The highest BCUT2D eigenvalue weighted by atomic mass is 31.2. The number of phosphoric acid groups is 2. The molecule has 25 heteroatoms. The van der Waals surface area contributed by atoms with E-state index in [0.29, 0.717) is 0 Å². The average Bonchev–Trinajstić information content (AvgIpc) is 3.72. The third-order valence-corrected chi connectivity index (χ3v) is 9.69. The Hall–Kier alpha value is -3.60. The monoisotopic (exact) mass is 688 g/mol. The maximum absolute atomic E-state index is 13.2. The van der Waals surface area contributed by atoms with Crippen molar-refractivity contribution in [2.45, 2.75) is 49.9 Å². The fraction of sp³-hybridized carbons (Fsp3) is 0.524. The van der Waals surface area contributed by atoms with Crippen LogP contribution in [0.2, 0.25) is 0 Å². The van der Waals surface area contributed by atoms with E-state index in [2.05, 4.69) is 29.9 Å². The number of ether oxygens (including phenoxy) is 2. The number of aliphatic hydroxyl groups is 1. The Morgan fingerprint density at radius 3 is 1.83 bits per heavy atom. The van der Waals surface area contributed by atoms with E-state index >= 15 is 0 Å². The summed E-state index contributed by atoms with van der Waals surface area (Å²) < 4.78 is 61.8. The fourth-order valence-electron chi connectivity index (χ4n) is 5.67. The molecule has 7 rings (SSSR count). The van der Waals surface area contributed by atoms with Gasteiger partial charge in [-0.3, -0.25) is 46.8 Å². The molecule has 4 unspecified atom stereocenters. The van der Waals surface area contributed by atoms with Crippen LogP contribution in [0.15, 0.2) is 22.2 Å². The van der Waals surface area contributed by atoms with Gasteiger partial charge in [0.15, 0.2) is 28.6 Å². The smallest absolute Gasteiger partial charge is 0.386 e. The van der Waals surface area contributed by atoms with Gasteiger partial charge in [-0.2, -0.15) is 9.97 Å². The van der Waals surface area contributed by atoms with Gasteiger partial charge in [0.25, 0.3) is 11.1 Å². The summed E-state index contributed by atoms with van der Waals surface area (Å²) in [7, 11) is -9.96. The molecule has 0 radical (unpaired) electrons. The first-order valence-corrected chi connectivity index (χ1v) is 16.5. The lowest BCUT2D eigenvalue weighted by molar-refractivity contribution is -0.0663. The van der Waals surface area contributed by atoms with E-state index in [9.17, 15) is 33.6 Å². The van der Waals surface area contributed by atoms with Gasteiger partial charge in [-0.1, -0.05) is 6.92 Å². The Morgan fingerprint density at radius 2 is 1.28 bits per heavy atom. The van der Waals surface area contributed by atoms with Gasteiger partial charge in [-0.05, 0) is 0 Å². The second kappa shape index (κ2) is 11.0. The molecule has 0 aliphatic carbocycles. The minimum absolute atomic E-state index is 0.0395. The average molecular weight is 688 g/mol. The van der Waals surface area contributed by atoms with Crippen molar-refractivity contribution in [1.29, 1.82) is 0 Å². The number of hydrogen-bond acceptors (Lipinski definition) is 17. The van der Waals surface area contributed by atoms with Crippen LogP contribution in [-0.4, -0.2) is 97.7 Å². The number of imidazole rings is 2. The first kappa shape index (κ1) is 31.0. The van der Waals surface area contributed by atoms with E-state index in [1.807, 2.05) is 0 Å². The molecule has 3 fully saturated rings. The molecule has 23 nitrogen and oxygen atoms in total. The van der Waals surface area contributed by atoms with Crippen LogP contribution in [0.5, 0.6) is 0 Å². The van der Waals surface area contributed by atoms with Crippen LogP contribution < -0.4 is 22.6 Å². The van der Waals surface area contributed by atoms with Crippen molar-refractivity contribution in [3.05, 3.63) is 33.4 Å². The SMILES string of the molecule is C[C@H]1C2OP(=O)(O)OC[C@H]3O[C@@H](n4cnc5c(=O)[nH]c(N)nc54)[C@@H](O)C3OP(=O)(O)OC[C@H]2O[C@H]1n1cnc2c(=O)[nH]c(N)nc21. The quantitative estimate of drug-likeness (QED) is 0.115. The number of anilines is 2. The Balaban J connectivity index is 1.18. The Labute approximate surface area is 254 Å². The number of H-pyrrole nitrogens is 2. The van der Waals surface area contributed by atoms with E-state index in [4.69, 9.17) is 39.0 Å². The van der Waals surface area contributed by atoms with Gasteiger partial charge in [-0.15, -0.1) is 0 Å². The normalized spacial score (nSPS) is 37.1. The summed E-state index contributed by atoms with van der Waals surface area (Å²) in [4.78, 5) is 66.5. The number of fused-ring (bicyclic) bond motifs is 4. The number of nitrogens with one attached hydrogen (secondary N) is 2. The van der Waals surface area contributed by atoms with Crippen molar-refractivity contribution >= 4 is 49.9 Å². The predicted molar refractivity (Wildman–Crippen MR) is 149 cm³/mol. The van der Waals surface area contributed by atoms with Gasteiger partial charge in [-0.25, -0.2) is 19.1 Å². The second-order valence-electron chi connectivity index (χ2n) is 10.7. The topological polar surface area (TPSA) is 329 Å². The van der Waals surface area contributed by atoms with Crippen molar-refractivity contribution in [3.63, 3.8) is 0 Å². The van der Waals surface area contributed by atoms with Gasteiger partial charge >= 0.3 is 15.6 Å². The van der Waals surface area contributed by atoms with Crippen LogP contribution in [0.3, 0.4) is 0 Å². The molecule has 0 bridgehead atoms. The lowest BCUT2D eigenvalue weighted by Gasteiger charge is -2.28. The highest BCUT2D eigenvalue weighted by Crippen LogP contribution is 2.54. The summed E-state index contributed by atoms with van der Waals surface area (Å²) in [5, 5.41) is 11.1. The summed E-state index contributed by atoms with van der Waals surface area (Å²) in [5.41, 5.74) is 9.78. The number of aliphatic hydroxyl groups excluding tert-OH is 1. The Bertz CT molecular complexity index is 1900. The molecule has 0 aromatic carbocycles. The zero-order valence-corrected chi connectivity index (χ0v) is 25.1. The summed E-state index contributed by atoms with van der Waals surface area (Å²) >= 11 is 0. The van der Waals surface area contributed by atoms with Crippen molar-refractivity contribution in [2.24, 2.45) is 5.92 Å². The van der Waals surface area contributed by atoms with Crippen LogP contribution >= 0.6 is 15.6 Å². The molecule has 0 saturated carbocycles. The van der Waals surface area contributed by atoms with Crippen LogP contribution in [0, 0.1) is 5.92 Å². The van der Waals surface area contributed by atoms with Gasteiger partial charge in [0.2, 0.25) is 11.9 Å². The minimum Gasteiger partial charge on any atom is -0.386 e. The van der Waals surface area contributed by atoms with Crippen molar-refractivity contribution in [1.82, 2.24) is 39.0 Å². The fourth-order valence-corrected chi connectivity index (χ4v) is 7.67. The zero-order chi connectivity index (χ0) is 32.7. The molecule has 0 amide bonds. The molecule has 7 heterocycles. The third kappa shape index (κ3) is 5.34. The first-order chi connectivity index (χ1) is 21.7. The Morgan fingerprint density at radius 1 is 0.826 bits per heavy atom. The van der Waals surface area contributed by atoms with Gasteiger partial charge in [0.1, 0.15) is 36.7 Å². The number of hydrogen-bond donors (Lipinski definition) is 7. The van der Waals surface area contributed by atoms with Crippen molar-refractivity contribution in [2.75, 3.05) is 24.7 Å². The molecular weight excluding hydrogens is 662 g/mol. The number of nitrogens with zero attached hydrogens (tertiary/aromatic N) is 6. The lowest BCUT2D eigenvalue weighted by atomic mass is 10.0. The van der Waals surface area contributed by atoms with Gasteiger partial charge in [0, 0.05) is 5.92 Å². The number of nitrogens with two attached hydrogens (primary N) is 2. The molecule has 4 aromatic rings. The van der Waals surface area contributed by atoms with E-state index in [0.717, 1.165) is 10.9 Å². The number of rotatable bonds is 2. The van der Waals surface area contributed by atoms with Gasteiger partial charge in [0.05, 0.1) is 25.9 Å². The van der Waals surface area contributed by atoms with Crippen LogP contribution in [0.4, 0.5) is 11.9 Å². The molecule has 3 aliphatic heterocycles. The van der Waals surface area contributed by atoms with Crippen LogP contribution in [0.1, 0.15) is 19.4 Å². The third-order valence-electron chi connectivity index (χ3n) is 7.72. The number of nitrogen functional groups attached to an aromatic ring is 2. The number of phosphoric ester groups is 2. The standard InChI is InChI=1S/C21H26N10O13P2/c1-6-12-7(41-18(6)30-4-24-9-14(30)26-20(22)28-16(9)33)2-39-46(37,38)44-13-8(3-40-45(35,36)43-12)42-19(11(13)32)31-5-25-10-15(31)27-21(23)29-17(10)34/h4-8,11-13,18-19,32H,2-3H2,1H3,(H,35,36)(H,37,38)(H3,22,26,28,33)(H3,23,27,29,34)/t6-,7+,8+,11-,12?,13?,18+,19+/m0/s1. The maximum atomic E-state index is 13.2. The highest BCUT2D eigenvalue weighted by molar-refractivity contribution is 7.47. The highest BCUT2D eigenvalue weighted by Gasteiger charge is 2.53. The molecule has 46 heavy (non-hydrogen) atoms. The van der Waals surface area contributed by atoms with E-state index < -0.39 is 88.9 Å². The van der Waals surface area contributed by atoms with Crippen molar-refractivity contribution < 1.29 is 51.6 Å². The zero-order valence-electron chi connectivity index (χ0n) is 23.3. The van der Waals surface area contributed by atoms with Crippen LogP contribution in [0.25, 0.3) is 22.3 Å². The summed E-state index contributed by atoms with van der Waals surface area (Å²) in [6, 6.07) is 0. The molecule has 3 saturated heterocycles. The largest absolute Gasteiger partial charge is 0.472 e. The summed E-state index contributed by atoms with van der Waals surface area (Å²) in [5.74, 6) is -1.25. The van der Waals surface area contributed by atoms with Crippen LogP contribution in [-0.2, 0) is 36.7 Å². The maximum Gasteiger partial charge on any atom is 0.472 e. The predicted octanol–water partition coefficient (Wildman–Crippen LogP) is -1.77. The minimum atomic E-state index is -5.02. The van der Waals surface area contributed by atoms with Gasteiger partial charge < -0.3 is 35.8 Å². The molecule has 3 aliphatic rings.